The second-order valence-corrected chi connectivity index (χ2v) is 7.10. The zero-order valence-electron chi connectivity index (χ0n) is 11.9. The normalized spacial score (nSPS) is 28.0. The Balaban J connectivity index is 1.75. The maximum absolute atomic E-state index is 11.4. The summed E-state index contributed by atoms with van der Waals surface area (Å²) in [5.74, 6) is 3.28. The van der Waals surface area contributed by atoms with Crippen LogP contribution >= 0.6 is 11.8 Å². The van der Waals surface area contributed by atoms with Crippen LogP contribution in [-0.4, -0.2) is 26.8 Å². The van der Waals surface area contributed by atoms with Crippen LogP contribution in [0.3, 0.4) is 0 Å². The summed E-state index contributed by atoms with van der Waals surface area (Å²) < 4.78 is 0. The highest BCUT2D eigenvalue weighted by Crippen LogP contribution is 2.49. The van der Waals surface area contributed by atoms with Crippen LogP contribution in [0.5, 0.6) is 0 Å². The molecule has 3 atom stereocenters. The van der Waals surface area contributed by atoms with Gasteiger partial charge in [-0.25, -0.2) is 14.8 Å². The Labute approximate surface area is 123 Å². The SMILES string of the molecule is Cc1nc(C)c(C(=O)O)c(SCC2CC3CCC2C3)n1. The first-order chi connectivity index (χ1) is 9.54. The summed E-state index contributed by atoms with van der Waals surface area (Å²) in [5.41, 5.74) is 0.851. The van der Waals surface area contributed by atoms with Gasteiger partial charge in [-0.05, 0) is 50.9 Å². The molecule has 1 aromatic heterocycles. The average Bonchev–Trinajstić information content (AvgIpc) is 2.96. The maximum Gasteiger partial charge on any atom is 0.340 e. The number of aryl methyl sites for hydroxylation is 2. The largest absolute Gasteiger partial charge is 0.478 e. The smallest absolute Gasteiger partial charge is 0.340 e. The fourth-order valence-electron chi connectivity index (χ4n) is 3.80. The quantitative estimate of drug-likeness (QED) is 0.681. The maximum atomic E-state index is 11.4. The zero-order chi connectivity index (χ0) is 14.3. The van der Waals surface area contributed by atoms with E-state index in [1.807, 2.05) is 6.92 Å². The molecule has 1 N–H and O–H groups in total. The van der Waals surface area contributed by atoms with Gasteiger partial charge in [-0.3, -0.25) is 0 Å². The van der Waals surface area contributed by atoms with Crippen molar-refractivity contribution in [2.45, 2.75) is 44.6 Å². The highest BCUT2D eigenvalue weighted by Gasteiger charge is 2.39. The van der Waals surface area contributed by atoms with Crippen molar-refractivity contribution in [2.24, 2.45) is 17.8 Å². The van der Waals surface area contributed by atoms with Crippen molar-refractivity contribution >= 4 is 17.7 Å². The number of carboxylic acids is 1. The average molecular weight is 292 g/mol. The molecule has 2 fully saturated rings. The van der Waals surface area contributed by atoms with Crippen LogP contribution in [0.15, 0.2) is 5.03 Å². The summed E-state index contributed by atoms with van der Waals surface area (Å²) in [5, 5.41) is 9.99. The Hall–Kier alpha value is -1.10. The monoisotopic (exact) mass is 292 g/mol. The number of aromatic carboxylic acids is 1. The molecule has 0 aromatic carbocycles. The number of carboxylic acid groups (broad SMARTS) is 1. The van der Waals surface area contributed by atoms with E-state index in [2.05, 4.69) is 9.97 Å². The Morgan fingerprint density at radius 2 is 2.10 bits per heavy atom. The van der Waals surface area contributed by atoms with E-state index >= 15 is 0 Å². The van der Waals surface area contributed by atoms with Gasteiger partial charge in [0.15, 0.2) is 0 Å². The highest BCUT2D eigenvalue weighted by molar-refractivity contribution is 7.99. The second kappa shape index (κ2) is 5.35. The van der Waals surface area contributed by atoms with Crippen molar-refractivity contribution < 1.29 is 9.90 Å². The number of fused-ring (bicyclic) bond motifs is 2. The Morgan fingerprint density at radius 3 is 2.70 bits per heavy atom. The van der Waals surface area contributed by atoms with Crippen LogP contribution in [0, 0.1) is 31.6 Å². The van der Waals surface area contributed by atoms with Crippen LogP contribution in [0.4, 0.5) is 0 Å². The first-order valence-electron chi connectivity index (χ1n) is 7.26. The molecule has 2 saturated carbocycles. The van der Waals surface area contributed by atoms with Gasteiger partial charge in [-0.1, -0.05) is 6.42 Å². The number of nitrogens with zero attached hydrogens (tertiary/aromatic N) is 2. The molecule has 3 unspecified atom stereocenters. The molecule has 0 saturated heterocycles. The lowest BCUT2D eigenvalue weighted by atomic mass is 9.90. The number of hydrogen-bond donors (Lipinski definition) is 1. The van der Waals surface area contributed by atoms with E-state index in [9.17, 15) is 9.90 Å². The number of rotatable bonds is 4. The van der Waals surface area contributed by atoms with E-state index in [0.29, 0.717) is 16.5 Å². The van der Waals surface area contributed by atoms with Gasteiger partial charge >= 0.3 is 5.97 Å². The summed E-state index contributed by atoms with van der Waals surface area (Å²) in [6.45, 7) is 3.57. The number of thioether (sulfide) groups is 1. The molecule has 1 aromatic rings. The van der Waals surface area contributed by atoms with E-state index in [1.165, 1.54) is 25.7 Å². The predicted molar refractivity (Wildman–Crippen MR) is 78.1 cm³/mol. The van der Waals surface area contributed by atoms with E-state index in [-0.39, 0.29) is 5.56 Å². The van der Waals surface area contributed by atoms with Crippen LogP contribution in [0.2, 0.25) is 0 Å². The topological polar surface area (TPSA) is 63.1 Å². The van der Waals surface area contributed by atoms with E-state index in [0.717, 1.165) is 23.5 Å². The van der Waals surface area contributed by atoms with Crippen LogP contribution in [0.1, 0.15) is 47.6 Å². The number of aromatic nitrogens is 2. The van der Waals surface area contributed by atoms with Crippen LogP contribution < -0.4 is 0 Å². The molecule has 2 bridgehead atoms. The second-order valence-electron chi connectivity index (χ2n) is 6.09. The van der Waals surface area contributed by atoms with E-state index in [1.54, 1.807) is 18.7 Å². The minimum absolute atomic E-state index is 0.281. The molecule has 3 rings (SSSR count). The fourth-order valence-corrected chi connectivity index (χ4v) is 5.15. The van der Waals surface area contributed by atoms with Gasteiger partial charge in [0.25, 0.3) is 0 Å². The molecule has 20 heavy (non-hydrogen) atoms. The van der Waals surface area contributed by atoms with Crippen molar-refractivity contribution in [2.75, 3.05) is 5.75 Å². The lowest BCUT2D eigenvalue weighted by Crippen LogP contribution is -2.14. The lowest BCUT2D eigenvalue weighted by molar-refractivity contribution is 0.0690. The van der Waals surface area contributed by atoms with E-state index in [4.69, 9.17) is 0 Å². The van der Waals surface area contributed by atoms with E-state index < -0.39 is 5.97 Å². The Bertz CT molecular complexity index is 547. The third-order valence-electron chi connectivity index (χ3n) is 4.70. The molecule has 1 heterocycles. The van der Waals surface area contributed by atoms with Gasteiger partial charge in [-0.2, -0.15) is 0 Å². The molecule has 2 aliphatic carbocycles. The van der Waals surface area contributed by atoms with Gasteiger partial charge in [0.1, 0.15) is 16.4 Å². The van der Waals surface area contributed by atoms with Gasteiger partial charge in [0.2, 0.25) is 0 Å². The van der Waals surface area contributed by atoms with Gasteiger partial charge in [0.05, 0.1) is 5.69 Å². The third-order valence-corrected chi connectivity index (χ3v) is 5.86. The summed E-state index contributed by atoms with van der Waals surface area (Å²) in [6.07, 6.45) is 5.48. The molecule has 0 amide bonds. The van der Waals surface area contributed by atoms with Crippen LogP contribution in [0.25, 0.3) is 0 Å². The highest BCUT2D eigenvalue weighted by atomic mass is 32.2. The molecule has 0 aliphatic heterocycles. The minimum Gasteiger partial charge on any atom is -0.478 e. The Kier molecular flexibility index (Phi) is 3.71. The first-order valence-corrected chi connectivity index (χ1v) is 8.24. The fraction of sp³-hybridized carbons (Fsp3) is 0.667. The summed E-state index contributed by atoms with van der Waals surface area (Å²) in [6, 6.07) is 0. The molecule has 5 heteroatoms. The summed E-state index contributed by atoms with van der Waals surface area (Å²) in [7, 11) is 0. The minimum atomic E-state index is -0.919. The molecule has 108 valence electrons. The molecule has 2 aliphatic rings. The molecular formula is C15H20N2O2S. The van der Waals surface area contributed by atoms with Crippen molar-refractivity contribution in [3.8, 4) is 0 Å². The van der Waals surface area contributed by atoms with Gasteiger partial charge < -0.3 is 5.11 Å². The lowest BCUT2D eigenvalue weighted by Gasteiger charge is -2.21. The first kappa shape index (κ1) is 13.9. The van der Waals surface area contributed by atoms with Crippen molar-refractivity contribution in [1.82, 2.24) is 9.97 Å². The van der Waals surface area contributed by atoms with Crippen LogP contribution in [-0.2, 0) is 0 Å². The van der Waals surface area contributed by atoms with Crippen molar-refractivity contribution in [3.05, 3.63) is 17.1 Å². The number of hydrogen-bond acceptors (Lipinski definition) is 4. The Morgan fingerprint density at radius 1 is 1.30 bits per heavy atom. The molecule has 0 spiro atoms. The van der Waals surface area contributed by atoms with Gasteiger partial charge in [-0.15, -0.1) is 11.8 Å². The summed E-state index contributed by atoms with van der Waals surface area (Å²) >= 11 is 1.61. The third kappa shape index (κ3) is 2.55. The summed E-state index contributed by atoms with van der Waals surface area (Å²) in [4.78, 5) is 19.9. The predicted octanol–water partition coefficient (Wildman–Crippen LogP) is 3.32. The van der Waals surface area contributed by atoms with Crippen molar-refractivity contribution in [1.29, 1.82) is 0 Å². The molecular weight excluding hydrogens is 272 g/mol. The standard InChI is InChI=1S/C15H20N2O2S/c1-8-13(15(18)19)14(17-9(2)16-8)20-7-12-6-10-3-4-11(12)5-10/h10-12H,3-7H2,1-2H3,(H,18,19). The number of carbonyl (C=O) groups is 1. The molecule has 0 radical (unpaired) electrons. The van der Waals surface area contributed by atoms with Crippen molar-refractivity contribution in [3.63, 3.8) is 0 Å². The zero-order valence-corrected chi connectivity index (χ0v) is 12.7. The van der Waals surface area contributed by atoms with Gasteiger partial charge in [0, 0.05) is 5.75 Å². The molecule has 4 nitrogen and oxygen atoms in total.